The molecule has 0 amide bonds. The molecule has 0 bridgehead atoms. The molecule has 0 aromatic carbocycles. The Labute approximate surface area is 76.3 Å². The summed E-state index contributed by atoms with van der Waals surface area (Å²) >= 11 is 0. The highest BCUT2D eigenvalue weighted by Crippen LogP contribution is 2.14. The molecule has 0 aliphatic heterocycles. The lowest BCUT2D eigenvalue weighted by molar-refractivity contribution is 0.394. The van der Waals surface area contributed by atoms with E-state index in [0.717, 1.165) is 19.0 Å². The fourth-order valence-electron chi connectivity index (χ4n) is 1.29. The standard InChI is InChI=1S/C10H22N2/c1-4-10(8-12-5-2)6-9(3)7-11/h5,9-10H,4,6-8,11H2,1-3H3. The Morgan fingerprint density at radius 2 is 2.17 bits per heavy atom. The van der Waals surface area contributed by atoms with Gasteiger partial charge in [-0.15, -0.1) is 0 Å². The van der Waals surface area contributed by atoms with Crippen LogP contribution in [-0.2, 0) is 0 Å². The van der Waals surface area contributed by atoms with Crippen molar-refractivity contribution < 1.29 is 0 Å². The number of nitrogens with zero attached hydrogens (tertiary/aromatic N) is 1. The lowest BCUT2D eigenvalue weighted by atomic mass is 9.94. The molecule has 0 heterocycles. The van der Waals surface area contributed by atoms with Crippen molar-refractivity contribution in [2.45, 2.75) is 33.6 Å². The minimum atomic E-state index is 0.641. The van der Waals surface area contributed by atoms with Gasteiger partial charge in [0, 0.05) is 6.54 Å². The summed E-state index contributed by atoms with van der Waals surface area (Å²) in [7, 11) is 0. The van der Waals surface area contributed by atoms with Gasteiger partial charge in [0.25, 0.3) is 0 Å². The maximum atomic E-state index is 5.57. The molecule has 0 saturated heterocycles. The summed E-state index contributed by atoms with van der Waals surface area (Å²) < 4.78 is 0. The van der Waals surface area contributed by atoms with Gasteiger partial charge in [0.1, 0.15) is 0 Å². The van der Waals surface area contributed by atoms with E-state index in [2.05, 4.69) is 18.8 Å². The van der Waals surface area contributed by atoms with Gasteiger partial charge in [-0.1, -0.05) is 20.3 Å². The number of aliphatic imine (C=N–C) groups is 1. The van der Waals surface area contributed by atoms with Gasteiger partial charge in [-0.05, 0) is 37.9 Å². The SMILES string of the molecule is CC=NCC(CC)CC(C)CN. The molecule has 0 saturated carbocycles. The van der Waals surface area contributed by atoms with Crippen LogP contribution in [0.4, 0.5) is 0 Å². The minimum Gasteiger partial charge on any atom is -0.330 e. The molecule has 0 aromatic heterocycles. The molecule has 0 rings (SSSR count). The molecule has 2 nitrogen and oxygen atoms in total. The van der Waals surface area contributed by atoms with Gasteiger partial charge in [-0.3, -0.25) is 4.99 Å². The number of nitrogens with two attached hydrogens (primary N) is 1. The largest absolute Gasteiger partial charge is 0.330 e. The Morgan fingerprint density at radius 1 is 1.50 bits per heavy atom. The molecule has 72 valence electrons. The summed E-state index contributed by atoms with van der Waals surface area (Å²) in [5, 5.41) is 0. The average Bonchev–Trinajstić information content (AvgIpc) is 2.11. The van der Waals surface area contributed by atoms with Crippen LogP contribution in [0.25, 0.3) is 0 Å². The maximum Gasteiger partial charge on any atom is 0.0413 e. The second-order valence-electron chi connectivity index (χ2n) is 3.47. The average molecular weight is 170 g/mol. The zero-order valence-corrected chi connectivity index (χ0v) is 8.59. The lowest BCUT2D eigenvalue weighted by Gasteiger charge is -2.16. The van der Waals surface area contributed by atoms with E-state index in [0.29, 0.717) is 5.92 Å². The lowest BCUT2D eigenvalue weighted by Crippen LogP contribution is -2.16. The molecule has 2 atom stereocenters. The van der Waals surface area contributed by atoms with E-state index in [4.69, 9.17) is 5.73 Å². The predicted molar refractivity (Wildman–Crippen MR) is 55.6 cm³/mol. The predicted octanol–water partition coefficient (Wildman–Crippen LogP) is 2.09. The third kappa shape index (κ3) is 5.30. The summed E-state index contributed by atoms with van der Waals surface area (Å²) in [5.41, 5.74) is 5.57. The summed E-state index contributed by atoms with van der Waals surface area (Å²) in [6.45, 7) is 8.17. The first kappa shape index (κ1) is 11.6. The topological polar surface area (TPSA) is 38.4 Å². The molecule has 2 heteroatoms. The van der Waals surface area contributed by atoms with Gasteiger partial charge in [0.15, 0.2) is 0 Å². The fraction of sp³-hybridized carbons (Fsp3) is 0.900. The van der Waals surface area contributed by atoms with Crippen molar-refractivity contribution in [3.05, 3.63) is 0 Å². The van der Waals surface area contributed by atoms with E-state index < -0.39 is 0 Å². The molecule has 0 aromatic rings. The number of hydrogen-bond donors (Lipinski definition) is 1. The van der Waals surface area contributed by atoms with Crippen LogP contribution < -0.4 is 5.73 Å². The van der Waals surface area contributed by atoms with Crippen LogP contribution >= 0.6 is 0 Å². The first-order valence-corrected chi connectivity index (χ1v) is 4.89. The highest BCUT2D eigenvalue weighted by molar-refractivity contribution is 5.53. The van der Waals surface area contributed by atoms with Gasteiger partial charge < -0.3 is 5.73 Å². The van der Waals surface area contributed by atoms with E-state index in [1.807, 2.05) is 13.1 Å². The van der Waals surface area contributed by atoms with Crippen LogP contribution in [-0.4, -0.2) is 19.3 Å². The van der Waals surface area contributed by atoms with Crippen molar-refractivity contribution in [2.75, 3.05) is 13.1 Å². The van der Waals surface area contributed by atoms with E-state index in [-0.39, 0.29) is 0 Å². The quantitative estimate of drug-likeness (QED) is 0.609. The maximum absolute atomic E-state index is 5.57. The third-order valence-electron chi connectivity index (χ3n) is 2.26. The number of hydrogen-bond acceptors (Lipinski definition) is 2. The number of rotatable bonds is 6. The molecule has 0 aliphatic carbocycles. The summed E-state index contributed by atoms with van der Waals surface area (Å²) in [6, 6.07) is 0. The molecule has 0 aliphatic rings. The molecule has 2 N–H and O–H groups in total. The van der Waals surface area contributed by atoms with Crippen molar-refractivity contribution in [3.63, 3.8) is 0 Å². The van der Waals surface area contributed by atoms with E-state index in [9.17, 15) is 0 Å². The highest BCUT2D eigenvalue weighted by Gasteiger charge is 2.09. The van der Waals surface area contributed by atoms with Crippen LogP contribution in [0, 0.1) is 11.8 Å². The van der Waals surface area contributed by atoms with Crippen molar-refractivity contribution >= 4 is 6.21 Å². The van der Waals surface area contributed by atoms with Crippen molar-refractivity contribution in [2.24, 2.45) is 22.6 Å². The summed E-state index contributed by atoms with van der Waals surface area (Å²) in [4.78, 5) is 4.26. The van der Waals surface area contributed by atoms with E-state index in [1.54, 1.807) is 0 Å². The van der Waals surface area contributed by atoms with Gasteiger partial charge in [-0.2, -0.15) is 0 Å². The first-order chi connectivity index (χ1) is 5.74. The van der Waals surface area contributed by atoms with Crippen LogP contribution in [0.2, 0.25) is 0 Å². The third-order valence-corrected chi connectivity index (χ3v) is 2.26. The fourth-order valence-corrected chi connectivity index (χ4v) is 1.29. The molecule has 0 fully saturated rings. The van der Waals surface area contributed by atoms with Crippen LogP contribution in [0.1, 0.15) is 33.6 Å². The van der Waals surface area contributed by atoms with Crippen LogP contribution in [0.5, 0.6) is 0 Å². The van der Waals surface area contributed by atoms with Crippen molar-refractivity contribution in [1.29, 1.82) is 0 Å². The molecule has 0 spiro atoms. The first-order valence-electron chi connectivity index (χ1n) is 4.89. The second kappa shape index (κ2) is 7.29. The normalized spacial score (nSPS) is 16.7. The molecule has 12 heavy (non-hydrogen) atoms. The molecular weight excluding hydrogens is 148 g/mol. The Bertz CT molecular complexity index is 121. The smallest absolute Gasteiger partial charge is 0.0413 e. The van der Waals surface area contributed by atoms with Crippen LogP contribution in [0.15, 0.2) is 4.99 Å². The van der Waals surface area contributed by atoms with Crippen molar-refractivity contribution in [3.8, 4) is 0 Å². The highest BCUT2D eigenvalue weighted by atomic mass is 14.7. The van der Waals surface area contributed by atoms with Crippen LogP contribution in [0.3, 0.4) is 0 Å². The second-order valence-corrected chi connectivity index (χ2v) is 3.47. The summed E-state index contributed by atoms with van der Waals surface area (Å²) in [5.74, 6) is 1.36. The Hall–Kier alpha value is -0.370. The molecular formula is C10H22N2. The Kier molecular flexibility index (Phi) is 7.06. The molecule has 0 radical (unpaired) electrons. The van der Waals surface area contributed by atoms with Gasteiger partial charge in [0.2, 0.25) is 0 Å². The Balaban J connectivity index is 3.66. The zero-order chi connectivity index (χ0) is 9.40. The van der Waals surface area contributed by atoms with Crippen molar-refractivity contribution in [1.82, 2.24) is 0 Å². The molecule has 2 unspecified atom stereocenters. The van der Waals surface area contributed by atoms with E-state index >= 15 is 0 Å². The minimum absolute atomic E-state index is 0.641. The van der Waals surface area contributed by atoms with Gasteiger partial charge in [0.05, 0.1) is 0 Å². The monoisotopic (exact) mass is 170 g/mol. The Morgan fingerprint density at radius 3 is 2.58 bits per heavy atom. The van der Waals surface area contributed by atoms with E-state index in [1.165, 1.54) is 12.8 Å². The van der Waals surface area contributed by atoms with Gasteiger partial charge in [-0.25, -0.2) is 0 Å². The summed E-state index contributed by atoms with van der Waals surface area (Å²) in [6.07, 6.45) is 4.31. The van der Waals surface area contributed by atoms with Gasteiger partial charge >= 0.3 is 0 Å². The zero-order valence-electron chi connectivity index (χ0n) is 8.59.